The minimum absolute atomic E-state index is 0. The molecule has 0 unspecified atom stereocenters. The van der Waals surface area contributed by atoms with E-state index in [0.717, 1.165) is 11.1 Å². The number of aromatic amines is 1. The molecular formula is C17H15LiNO+. The van der Waals surface area contributed by atoms with Crippen LogP contribution in [0.1, 0.15) is 11.1 Å². The van der Waals surface area contributed by atoms with Crippen LogP contribution < -0.4 is 29.0 Å². The number of pyridine rings is 1. The van der Waals surface area contributed by atoms with E-state index in [1.807, 2.05) is 24.3 Å². The molecule has 2 nitrogen and oxygen atoms in total. The quantitative estimate of drug-likeness (QED) is 0.565. The molecule has 3 aromatic rings. The van der Waals surface area contributed by atoms with E-state index < -0.39 is 0 Å². The first-order chi connectivity index (χ1) is 9.16. The van der Waals surface area contributed by atoms with Gasteiger partial charge in [0.2, 0.25) is 11.2 Å². The molecule has 1 N–H and O–H groups in total. The molecule has 0 spiro atoms. The predicted molar refractivity (Wildman–Crippen MR) is 74.9 cm³/mol. The van der Waals surface area contributed by atoms with Gasteiger partial charge in [-0.05, 0) is 42.9 Å². The Morgan fingerprint density at radius 3 is 2.20 bits per heavy atom. The maximum absolute atomic E-state index is 11.9. The molecule has 0 atom stereocenters. The van der Waals surface area contributed by atoms with Crippen molar-refractivity contribution in [2.24, 2.45) is 0 Å². The molecule has 1 heterocycles. The normalized spacial score (nSPS) is 10.3. The number of rotatable bonds is 1. The smallest absolute Gasteiger partial charge is 0.868 e. The largest absolute Gasteiger partial charge is 1.00 e. The number of hydrogen-bond donors (Lipinski definition) is 0. The van der Waals surface area contributed by atoms with Gasteiger partial charge in [-0.2, -0.15) is 0 Å². The second-order valence-electron chi connectivity index (χ2n) is 4.86. The second kappa shape index (κ2) is 5.71. The molecule has 0 amide bonds. The van der Waals surface area contributed by atoms with Gasteiger partial charge in [0.1, 0.15) is 0 Å². The summed E-state index contributed by atoms with van der Waals surface area (Å²) in [5, 5.41) is 12.8. The van der Waals surface area contributed by atoms with Crippen LogP contribution in [0.25, 0.3) is 22.2 Å². The third kappa shape index (κ3) is 2.45. The summed E-state index contributed by atoms with van der Waals surface area (Å²) in [5.41, 5.74) is 5.25. The van der Waals surface area contributed by atoms with Gasteiger partial charge >= 0.3 is 18.9 Å². The van der Waals surface area contributed by atoms with Gasteiger partial charge in [-0.15, -0.1) is 0 Å². The average Bonchev–Trinajstić information content (AvgIpc) is 2.39. The number of aryl methyl sites for hydroxylation is 2. The van der Waals surface area contributed by atoms with Crippen LogP contribution in [-0.4, -0.2) is 0 Å². The van der Waals surface area contributed by atoms with E-state index in [1.165, 1.54) is 16.7 Å². The Morgan fingerprint density at radius 2 is 1.50 bits per heavy atom. The van der Waals surface area contributed by atoms with Crippen molar-refractivity contribution in [1.29, 1.82) is 0 Å². The number of para-hydroxylation sites is 1. The molecule has 0 fully saturated rings. The van der Waals surface area contributed by atoms with E-state index in [2.05, 4.69) is 31.0 Å². The van der Waals surface area contributed by atoms with E-state index >= 15 is 0 Å². The molecule has 3 heteroatoms. The number of aromatic nitrogens is 1. The molecular weight excluding hydrogens is 241 g/mol. The van der Waals surface area contributed by atoms with Crippen molar-refractivity contribution in [3.8, 4) is 17.0 Å². The number of hydrogen-bond acceptors (Lipinski definition) is 1. The zero-order chi connectivity index (χ0) is 13.4. The topological polar surface area (TPSA) is 37.2 Å². The van der Waals surface area contributed by atoms with Crippen molar-refractivity contribution in [3.05, 3.63) is 59.7 Å². The average molecular weight is 256 g/mol. The summed E-state index contributed by atoms with van der Waals surface area (Å²) in [5.74, 6) is 0.0330. The third-order valence-corrected chi connectivity index (χ3v) is 3.50. The fraction of sp³-hybridized carbons (Fsp3) is 0.118. The fourth-order valence-electron chi connectivity index (χ4n) is 2.56. The molecule has 0 saturated carbocycles. The Morgan fingerprint density at radius 1 is 0.850 bits per heavy atom. The van der Waals surface area contributed by atoms with Crippen molar-refractivity contribution in [2.45, 2.75) is 13.8 Å². The first-order valence-electron chi connectivity index (χ1n) is 6.35. The van der Waals surface area contributed by atoms with E-state index in [1.54, 1.807) is 12.1 Å². The zero-order valence-electron chi connectivity index (χ0n) is 12.0. The number of fused-ring (bicyclic) bond motifs is 1. The number of H-pyrrole nitrogens is 1. The molecule has 3 rings (SSSR count). The van der Waals surface area contributed by atoms with Crippen LogP contribution in [0.15, 0.2) is 48.5 Å². The third-order valence-electron chi connectivity index (χ3n) is 3.50. The second-order valence-corrected chi connectivity index (χ2v) is 4.86. The van der Waals surface area contributed by atoms with E-state index in [9.17, 15) is 5.11 Å². The maximum Gasteiger partial charge on any atom is 1.00 e. The molecule has 1 aromatic heterocycles. The minimum Gasteiger partial charge on any atom is -0.868 e. The van der Waals surface area contributed by atoms with Crippen molar-refractivity contribution >= 4 is 10.9 Å². The zero-order valence-corrected chi connectivity index (χ0v) is 12.0. The number of benzene rings is 2. The summed E-state index contributed by atoms with van der Waals surface area (Å²) in [4.78, 5) is 3.28. The standard InChI is InChI=1S/C17H15NO.Li/c1-11-5-3-6-12(2)16(11)14-10-9-13-7-4-8-15(19)17(13)18-14;/h3-10,19H,1-2H3;/q;+1. The van der Waals surface area contributed by atoms with Gasteiger partial charge in [-0.3, -0.25) is 0 Å². The maximum atomic E-state index is 11.9. The summed E-state index contributed by atoms with van der Waals surface area (Å²) >= 11 is 0. The molecule has 20 heavy (non-hydrogen) atoms. The molecule has 0 aliphatic rings. The SMILES string of the molecule is Cc1cccc(C)c1-c1ccc2cccc([O-])c2[nH+]1.[Li+]. The summed E-state index contributed by atoms with van der Waals surface area (Å²) in [6, 6.07) is 15.6. The Hall–Kier alpha value is -1.75. The first-order valence-corrected chi connectivity index (χ1v) is 6.35. The van der Waals surface area contributed by atoms with Gasteiger partial charge in [0.25, 0.3) is 0 Å². The van der Waals surface area contributed by atoms with Gasteiger partial charge in [0, 0.05) is 11.5 Å². The van der Waals surface area contributed by atoms with Gasteiger partial charge in [-0.25, -0.2) is 4.98 Å². The molecule has 0 aliphatic heterocycles. The van der Waals surface area contributed by atoms with Crippen LogP contribution in [-0.2, 0) is 0 Å². The van der Waals surface area contributed by atoms with Crippen molar-refractivity contribution in [3.63, 3.8) is 0 Å². The molecule has 2 aromatic carbocycles. The summed E-state index contributed by atoms with van der Waals surface area (Å²) in [7, 11) is 0. The minimum atomic E-state index is 0. The Kier molecular flexibility index (Phi) is 4.18. The van der Waals surface area contributed by atoms with E-state index in [4.69, 9.17) is 0 Å². The molecule has 0 aliphatic carbocycles. The number of nitrogens with one attached hydrogen (secondary N) is 1. The van der Waals surface area contributed by atoms with Crippen LogP contribution in [0.4, 0.5) is 0 Å². The summed E-state index contributed by atoms with van der Waals surface area (Å²) < 4.78 is 0. The Balaban J connectivity index is 0.00000147. The van der Waals surface area contributed by atoms with E-state index in [0.29, 0.717) is 5.52 Å². The summed E-state index contributed by atoms with van der Waals surface area (Å²) in [6.45, 7) is 4.17. The van der Waals surface area contributed by atoms with Crippen LogP contribution in [0, 0.1) is 13.8 Å². The van der Waals surface area contributed by atoms with E-state index in [-0.39, 0.29) is 24.6 Å². The summed E-state index contributed by atoms with van der Waals surface area (Å²) in [6.07, 6.45) is 0. The van der Waals surface area contributed by atoms with Crippen LogP contribution in [0.2, 0.25) is 0 Å². The molecule has 0 bridgehead atoms. The van der Waals surface area contributed by atoms with Crippen LogP contribution >= 0.6 is 0 Å². The first kappa shape index (κ1) is 14.7. The van der Waals surface area contributed by atoms with Gasteiger partial charge in [0.15, 0.2) is 0 Å². The van der Waals surface area contributed by atoms with Crippen molar-refractivity contribution in [1.82, 2.24) is 0 Å². The van der Waals surface area contributed by atoms with Gasteiger partial charge in [-0.1, -0.05) is 30.3 Å². The Bertz CT molecular complexity index is 748. The van der Waals surface area contributed by atoms with Crippen molar-refractivity contribution < 1.29 is 29.0 Å². The van der Waals surface area contributed by atoms with Crippen molar-refractivity contribution in [2.75, 3.05) is 0 Å². The monoisotopic (exact) mass is 256 g/mol. The predicted octanol–water partition coefficient (Wildman–Crippen LogP) is 0.0153. The van der Waals surface area contributed by atoms with Crippen LogP contribution in [0.3, 0.4) is 0 Å². The van der Waals surface area contributed by atoms with Crippen LogP contribution in [0.5, 0.6) is 5.75 Å². The van der Waals surface area contributed by atoms with Gasteiger partial charge < -0.3 is 5.11 Å². The molecule has 0 saturated heterocycles. The van der Waals surface area contributed by atoms with Gasteiger partial charge in [0.05, 0.1) is 5.56 Å². The molecule has 94 valence electrons. The fourth-order valence-corrected chi connectivity index (χ4v) is 2.56. The molecule has 0 radical (unpaired) electrons. The Labute approximate surface area is 130 Å².